The molecule has 1 fully saturated rings. The largest absolute Gasteiger partial charge is 0.508 e. The number of Topliss-reactive ketones (excluding diaryl/α,β-unsaturated/α-hetero) is 1. The van der Waals surface area contributed by atoms with E-state index in [0.717, 1.165) is 0 Å². The summed E-state index contributed by atoms with van der Waals surface area (Å²) in [6, 6.07) is 9.53. The average molecular weight is 344 g/mol. The smallest absolute Gasteiger partial charge is 0.180 e. The first-order valence-corrected chi connectivity index (χ1v) is 8.24. The number of anilines is 1. The predicted octanol–water partition coefficient (Wildman–Crippen LogP) is 2.55. The molecule has 0 spiro atoms. The maximum Gasteiger partial charge on any atom is 0.180 e. The number of hydrogen-bond donors (Lipinski definition) is 2. The minimum Gasteiger partial charge on any atom is -0.508 e. The van der Waals surface area contributed by atoms with E-state index in [1.165, 1.54) is 18.2 Å². The lowest BCUT2D eigenvalue weighted by molar-refractivity contribution is 0.0923. The molecule has 132 valence electrons. The van der Waals surface area contributed by atoms with Gasteiger partial charge in [-0.3, -0.25) is 9.69 Å². The summed E-state index contributed by atoms with van der Waals surface area (Å²) in [6.07, 6.45) is 0. The molecule has 0 unspecified atom stereocenters. The van der Waals surface area contributed by atoms with Gasteiger partial charge in [-0.05, 0) is 31.2 Å². The fourth-order valence-electron chi connectivity index (χ4n) is 3.06. The Morgan fingerprint density at radius 3 is 2.44 bits per heavy atom. The lowest BCUT2D eigenvalue weighted by Crippen LogP contribution is -2.48. The van der Waals surface area contributed by atoms with Crippen LogP contribution in [0.1, 0.15) is 15.9 Å². The van der Waals surface area contributed by atoms with Crippen molar-refractivity contribution in [1.82, 2.24) is 4.90 Å². The normalized spacial score (nSPS) is 15.4. The zero-order chi connectivity index (χ0) is 18.0. The van der Waals surface area contributed by atoms with Crippen molar-refractivity contribution in [3.8, 4) is 11.5 Å². The Kier molecular flexibility index (Phi) is 4.90. The second-order valence-corrected chi connectivity index (χ2v) is 6.24. The second kappa shape index (κ2) is 7.11. The number of carbonyl (C=O) groups excluding carboxylic acids is 1. The minimum absolute atomic E-state index is 0.0347. The van der Waals surface area contributed by atoms with Crippen LogP contribution in [0.5, 0.6) is 11.5 Å². The highest BCUT2D eigenvalue weighted by atomic mass is 19.1. The Bertz CT molecular complexity index is 786. The third-order valence-corrected chi connectivity index (χ3v) is 4.64. The summed E-state index contributed by atoms with van der Waals surface area (Å²) in [6.45, 7) is 4.29. The van der Waals surface area contributed by atoms with Crippen molar-refractivity contribution < 1.29 is 19.4 Å². The van der Waals surface area contributed by atoms with Gasteiger partial charge in [-0.25, -0.2) is 4.39 Å². The van der Waals surface area contributed by atoms with Crippen LogP contribution in [0.2, 0.25) is 0 Å². The van der Waals surface area contributed by atoms with E-state index in [4.69, 9.17) is 0 Å². The first-order valence-electron chi connectivity index (χ1n) is 8.24. The number of piperazine rings is 1. The van der Waals surface area contributed by atoms with Crippen molar-refractivity contribution in [2.75, 3.05) is 37.6 Å². The molecule has 0 bridgehead atoms. The molecule has 1 aliphatic rings. The molecule has 3 rings (SSSR count). The number of benzene rings is 2. The molecule has 0 saturated carbocycles. The van der Waals surface area contributed by atoms with Gasteiger partial charge >= 0.3 is 0 Å². The van der Waals surface area contributed by atoms with Crippen molar-refractivity contribution in [3.63, 3.8) is 0 Å². The Morgan fingerprint density at radius 2 is 1.76 bits per heavy atom. The summed E-state index contributed by atoms with van der Waals surface area (Å²) in [7, 11) is 0. The highest BCUT2D eigenvalue weighted by Crippen LogP contribution is 2.30. The number of aromatic hydroxyl groups is 2. The van der Waals surface area contributed by atoms with Crippen molar-refractivity contribution in [1.29, 1.82) is 0 Å². The van der Waals surface area contributed by atoms with Gasteiger partial charge < -0.3 is 15.1 Å². The van der Waals surface area contributed by atoms with Crippen LogP contribution in [0.25, 0.3) is 0 Å². The third kappa shape index (κ3) is 3.58. The van der Waals surface area contributed by atoms with Gasteiger partial charge in [0.2, 0.25) is 0 Å². The van der Waals surface area contributed by atoms with Crippen molar-refractivity contribution in [2.45, 2.75) is 6.92 Å². The quantitative estimate of drug-likeness (QED) is 0.835. The molecule has 1 saturated heterocycles. The molecular formula is C19H21FN2O3. The van der Waals surface area contributed by atoms with Gasteiger partial charge in [-0.15, -0.1) is 0 Å². The van der Waals surface area contributed by atoms with Crippen molar-refractivity contribution in [3.05, 3.63) is 53.3 Å². The Morgan fingerprint density at radius 1 is 1.08 bits per heavy atom. The summed E-state index contributed by atoms with van der Waals surface area (Å²) in [5, 5.41) is 19.6. The monoisotopic (exact) mass is 344 g/mol. The van der Waals surface area contributed by atoms with E-state index in [1.807, 2.05) is 15.9 Å². The number of ketones is 1. The topological polar surface area (TPSA) is 64.0 Å². The summed E-state index contributed by atoms with van der Waals surface area (Å²) in [5.41, 5.74) is 1.10. The van der Waals surface area contributed by atoms with Crippen molar-refractivity contribution >= 4 is 11.5 Å². The van der Waals surface area contributed by atoms with Crippen LogP contribution >= 0.6 is 0 Å². The fourth-order valence-corrected chi connectivity index (χ4v) is 3.06. The SMILES string of the molecule is Cc1c(O)ccc(C(=O)CN2CCN(c3ccccc3F)CC2)c1O. The molecule has 5 nitrogen and oxygen atoms in total. The summed E-state index contributed by atoms with van der Waals surface area (Å²) < 4.78 is 13.9. The van der Waals surface area contributed by atoms with E-state index in [1.54, 1.807) is 19.1 Å². The highest BCUT2D eigenvalue weighted by Gasteiger charge is 2.23. The molecule has 0 aromatic heterocycles. The predicted molar refractivity (Wildman–Crippen MR) is 93.9 cm³/mol. The molecule has 0 radical (unpaired) electrons. The zero-order valence-electron chi connectivity index (χ0n) is 14.1. The maximum absolute atomic E-state index is 13.9. The lowest BCUT2D eigenvalue weighted by atomic mass is 10.0. The van der Waals surface area contributed by atoms with Gasteiger partial charge in [-0.1, -0.05) is 12.1 Å². The second-order valence-electron chi connectivity index (χ2n) is 6.24. The van der Waals surface area contributed by atoms with Crippen LogP contribution in [0, 0.1) is 12.7 Å². The number of para-hydroxylation sites is 1. The summed E-state index contributed by atoms with van der Waals surface area (Å²) in [5.74, 6) is -0.640. The van der Waals surface area contributed by atoms with E-state index in [0.29, 0.717) is 37.4 Å². The molecule has 1 heterocycles. The molecule has 2 N–H and O–H groups in total. The Balaban J connectivity index is 1.62. The molecule has 6 heteroatoms. The summed E-state index contributed by atoms with van der Waals surface area (Å²) in [4.78, 5) is 16.4. The van der Waals surface area contributed by atoms with Gasteiger partial charge in [-0.2, -0.15) is 0 Å². The van der Waals surface area contributed by atoms with Crippen molar-refractivity contribution in [2.24, 2.45) is 0 Å². The van der Waals surface area contributed by atoms with E-state index < -0.39 is 0 Å². The number of hydrogen-bond acceptors (Lipinski definition) is 5. The molecule has 2 aromatic carbocycles. The first-order chi connectivity index (χ1) is 12.0. The van der Waals surface area contributed by atoms with Crippen LogP contribution in [0.3, 0.4) is 0 Å². The molecular weight excluding hydrogens is 323 g/mol. The summed E-state index contributed by atoms with van der Waals surface area (Å²) >= 11 is 0. The lowest BCUT2D eigenvalue weighted by Gasteiger charge is -2.35. The molecule has 0 atom stereocenters. The van der Waals surface area contributed by atoms with Gasteiger partial charge in [0.05, 0.1) is 17.8 Å². The molecule has 25 heavy (non-hydrogen) atoms. The van der Waals surface area contributed by atoms with E-state index in [2.05, 4.69) is 0 Å². The van der Waals surface area contributed by atoms with E-state index in [9.17, 15) is 19.4 Å². The first kappa shape index (κ1) is 17.2. The Hall–Kier alpha value is -2.60. The average Bonchev–Trinajstić information content (AvgIpc) is 2.61. The maximum atomic E-state index is 13.9. The van der Waals surface area contributed by atoms with E-state index in [-0.39, 0.29) is 35.2 Å². The van der Waals surface area contributed by atoms with Crippen LogP contribution < -0.4 is 4.90 Å². The van der Waals surface area contributed by atoms with Gasteiger partial charge in [0.1, 0.15) is 17.3 Å². The molecule has 1 aliphatic heterocycles. The molecule has 0 amide bonds. The number of carbonyl (C=O) groups is 1. The highest BCUT2D eigenvalue weighted by molar-refractivity contribution is 6.00. The van der Waals surface area contributed by atoms with Gasteiger partial charge in [0.15, 0.2) is 5.78 Å². The van der Waals surface area contributed by atoms with E-state index >= 15 is 0 Å². The van der Waals surface area contributed by atoms with Crippen LogP contribution in [-0.2, 0) is 0 Å². The standard InChI is InChI=1S/C19H21FN2O3/c1-13-17(23)7-6-14(19(13)25)18(24)12-21-8-10-22(11-9-21)16-5-3-2-4-15(16)20/h2-7,23,25H,8-12H2,1H3. The molecule has 0 aliphatic carbocycles. The number of rotatable bonds is 4. The number of halogens is 1. The fraction of sp³-hybridized carbons (Fsp3) is 0.316. The Labute approximate surface area is 145 Å². The van der Waals surface area contributed by atoms with Gasteiger partial charge in [0, 0.05) is 31.7 Å². The number of nitrogens with zero attached hydrogens (tertiary/aromatic N) is 2. The van der Waals surface area contributed by atoms with Gasteiger partial charge in [0.25, 0.3) is 0 Å². The van der Waals surface area contributed by atoms with Crippen LogP contribution in [0.4, 0.5) is 10.1 Å². The van der Waals surface area contributed by atoms with Crippen LogP contribution in [-0.4, -0.2) is 53.6 Å². The minimum atomic E-state index is -0.239. The number of phenols is 2. The van der Waals surface area contributed by atoms with Crippen LogP contribution in [0.15, 0.2) is 36.4 Å². The zero-order valence-corrected chi connectivity index (χ0v) is 14.1. The third-order valence-electron chi connectivity index (χ3n) is 4.64. The molecule has 2 aromatic rings. The number of phenolic OH excluding ortho intramolecular Hbond substituents is 2.